The number of ketones is 1. The molecule has 0 radical (unpaired) electrons. The topological polar surface area (TPSA) is 123 Å². The lowest BCUT2D eigenvalue weighted by Gasteiger charge is -2.15. The number of anilines is 1. The highest BCUT2D eigenvalue weighted by molar-refractivity contribution is 7.99. The number of carbonyl (C=O) groups is 4. The van der Waals surface area contributed by atoms with Crippen LogP contribution < -0.4 is 15.0 Å². The van der Waals surface area contributed by atoms with Crippen LogP contribution >= 0.6 is 11.8 Å². The molecule has 1 aliphatic rings. The number of imide groups is 1. The Morgan fingerprint density at radius 3 is 2.34 bits per heavy atom. The molecule has 1 aliphatic heterocycles. The number of nitrogens with one attached hydrogen (secondary N) is 1. The first kappa shape index (κ1) is 27.8. The van der Waals surface area contributed by atoms with Crippen molar-refractivity contribution in [3.05, 3.63) is 95.3 Å². The normalized spacial score (nSPS) is 12.4. The molecule has 208 valence electrons. The van der Waals surface area contributed by atoms with Crippen LogP contribution in [0.4, 0.5) is 5.69 Å². The van der Waals surface area contributed by atoms with Gasteiger partial charge in [0.25, 0.3) is 11.8 Å². The van der Waals surface area contributed by atoms with Crippen LogP contribution in [0.2, 0.25) is 0 Å². The Morgan fingerprint density at radius 2 is 1.63 bits per heavy atom. The number of aromatic nitrogens is 3. The SMILES string of the molecule is COc1ccccc1-n1c(CCCNC(C)=O)nnc1SCC(=O)c1cccc(N2C(=O)c3ccccc3C2=O)c1. The molecule has 1 aromatic heterocycles. The summed E-state index contributed by atoms with van der Waals surface area (Å²) < 4.78 is 7.43. The van der Waals surface area contributed by atoms with Crippen LogP contribution in [0.3, 0.4) is 0 Å². The summed E-state index contributed by atoms with van der Waals surface area (Å²) >= 11 is 1.22. The van der Waals surface area contributed by atoms with Crippen molar-refractivity contribution in [2.24, 2.45) is 0 Å². The molecular formula is C30H27N5O5S. The monoisotopic (exact) mass is 569 g/mol. The number of fused-ring (bicyclic) bond motifs is 1. The van der Waals surface area contributed by atoms with Crippen molar-refractivity contribution in [2.45, 2.75) is 24.9 Å². The number of aryl methyl sites for hydroxylation is 1. The van der Waals surface area contributed by atoms with E-state index in [0.717, 1.165) is 10.6 Å². The van der Waals surface area contributed by atoms with Crippen molar-refractivity contribution in [1.29, 1.82) is 0 Å². The Bertz CT molecular complexity index is 1610. The van der Waals surface area contributed by atoms with Gasteiger partial charge in [-0.3, -0.25) is 23.7 Å². The lowest BCUT2D eigenvalue weighted by atomic mass is 10.1. The minimum absolute atomic E-state index is 0.0464. The van der Waals surface area contributed by atoms with Crippen molar-refractivity contribution in [1.82, 2.24) is 20.1 Å². The molecule has 0 saturated heterocycles. The Hall–Kier alpha value is -4.77. The highest BCUT2D eigenvalue weighted by Crippen LogP contribution is 2.31. The number of ether oxygens (including phenoxy) is 1. The minimum atomic E-state index is -0.416. The quantitative estimate of drug-likeness (QED) is 0.124. The zero-order chi connectivity index (χ0) is 28.9. The number of amides is 3. The number of Topliss-reactive ketones (excluding diaryl/α,β-unsaturated/α-hetero) is 1. The smallest absolute Gasteiger partial charge is 0.266 e. The molecule has 2 heterocycles. The van der Waals surface area contributed by atoms with Crippen molar-refractivity contribution in [3.63, 3.8) is 0 Å². The van der Waals surface area contributed by atoms with Gasteiger partial charge in [-0.25, -0.2) is 4.90 Å². The number of nitrogens with zero attached hydrogens (tertiary/aromatic N) is 4. The molecule has 0 saturated carbocycles. The summed E-state index contributed by atoms with van der Waals surface area (Å²) in [4.78, 5) is 51.5. The summed E-state index contributed by atoms with van der Waals surface area (Å²) in [6.07, 6.45) is 1.20. The molecule has 4 aromatic rings. The fourth-order valence-corrected chi connectivity index (χ4v) is 5.44. The van der Waals surface area contributed by atoms with Gasteiger partial charge >= 0.3 is 0 Å². The molecule has 10 nitrogen and oxygen atoms in total. The van der Waals surface area contributed by atoms with E-state index in [1.54, 1.807) is 55.6 Å². The Labute approximate surface area is 240 Å². The Kier molecular flexibility index (Phi) is 8.25. The molecule has 0 fully saturated rings. The highest BCUT2D eigenvalue weighted by Gasteiger charge is 2.36. The van der Waals surface area contributed by atoms with Crippen molar-refractivity contribution in [2.75, 3.05) is 24.3 Å². The van der Waals surface area contributed by atoms with Gasteiger partial charge in [0.2, 0.25) is 5.91 Å². The predicted molar refractivity (Wildman–Crippen MR) is 154 cm³/mol. The van der Waals surface area contributed by atoms with E-state index >= 15 is 0 Å². The molecule has 0 aliphatic carbocycles. The number of hydrogen-bond acceptors (Lipinski definition) is 8. The minimum Gasteiger partial charge on any atom is -0.495 e. The number of para-hydroxylation sites is 2. The van der Waals surface area contributed by atoms with Gasteiger partial charge in [-0.1, -0.05) is 48.2 Å². The molecule has 11 heteroatoms. The van der Waals surface area contributed by atoms with Crippen LogP contribution in [-0.2, 0) is 11.2 Å². The summed E-state index contributed by atoms with van der Waals surface area (Å²) in [7, 11) is 1.58. The Balaban J connectivity index is 1.35. The number of rotatable bonds is 11. The number of hydrogen-bond donors (Lipinski definition) is 1. The van der Waals surface area contributed by atoms with E-state index in [0.29, 0.717) is 58.5 Å². The van der Waals surface area contributed by atoms with Crippen molar-refractivity contribution < 1.29 is 23.9 Å². The summed E-state index contributed by atoms with van der Waals surface area (Å²) in [5.41, 5.74) is 2.12. The third-order valence-electron chi connectivity index (χ3n) is 6.53. The maximum absolute atomic E-state index is 13.3. The second-order valence-corrected chi connectivity index (χ2v) is 10.2. The van der Waals surface area contributed by atoms with E-state index in [1.807, 2.05) is 28.8 Å². The molecule has 5 rings (SSSR count). The Morgan fingerprint density at radius 1 is 0.927 bits per heavy atom. The van der Waals surface area contributed by atoms with E-state index < -0.39 is 11.8 Å². The number of methoxy groups -OCH3 is 1. The van der Waals surface area contributed by atoms with Gasteiger partial charge in [0.1, 0.15) is 11.6 Å². The lowest BCUT2D eigenvalue weighted by Crippen LogP contribution is -2.29. The van der Waals surface area contributed by atoms with Crippen molar-refractivity contribution in [3.8, 4) is 11.4 Å². The predicted octanol–water partition coefficient (Wildman–Crippen LogP) is 4.12. The third kappa shape index (κ3) is 5.75. The molecule has 0 spiro atoms. The second-order valence-electron chi connectivity index (χ2n) is 9.25. The first-order chi connectivity index (χ1) is 19.9. The van der Waals surface area contributed by atoms with Crippen molar-refractivity contribution >= 4 is 41.0 Å². The average molecular weight is 570 g/mol. The molecule has 0 bridgehead atoms. The number of thioether (sulfide) groups is 1. The maximum atomic E-state index is 13.3. The number of benzene rings is 3. The van der Waals surface area contributed by atoms with Gasteiger partial charge in [-0.05, 0) is 42.8 Å². The highest BCUT2D eigenvalue weighted by atomic mass is 32.2. The fourth-order valence-electron chi connectivity index (χ4n) is 4.58. The molecule has 3 amide bonds. The molecule has 3 aromatic carbocycles. The summed E-state index contributed by atoms with van der Waals surface area (Å²) in [5.74, 6) is 0.207. The van der Waals surface area contributed by atoms with Gasteiger partial charge in [0.15, 0.2) is 10.9 Å². The largest absolute Gasteiger partial charge is 0.495 e. The third-order valence-corrected chi connectivity index (χ3v) is 7.46. The zero-order valence-electron chi connectivity index (χ0n) is 22.5. The summed E-state index contributed by atoms with van der Waals surface area (Å²) in [6.45, 7) is 1.97. The van der Waals surface area contributed by atoms with E-state index in [2.05, 4.69) is 15.5 Å². The first-order valence-corrected chi connectivity index (χ1v) is 13.9. The van der Waals surface area contributed by atoms with Crippen LogP contribution in [0.25, 0.3) is 5.69 Å². The molecular weight excluding hydrogens is 542 g/mol. The van der Waals surface area contributed by atoms with Gasteiger partial charge < -0.3 is 10.1 Å². The van der Waals surface area contributed by atoms with Crippen LogP contribution in [0.1, 0.15) is 50.2 Å². The van der Waals surface area contributed by atoms with Crippen LogP contribution in [-0.4, -0.2) is 57.7 Å². The molecule has 0 atom stereocenters. The maximum Gasteiger partial charge on any atom is 0.266 e. The van der Waals surface area contributed by atoms with Crippen LogP contribution in [0.15, 0.2) is 78.0 Å². The molecule has 0 unspecified atom stereocenters. The fraction of sp³-hybridized carbons (Fsp3) is 0.200. The molecule has 41 heavy (non-hydrogen) atoms. The first-order valence-electron chi connectivity index (χ1n) is 12.9. The van der Waals surface area contributed by atoms with Gasteiger partial charge in [-0.15, -0.1) is 10.2 Å². The van der Waals surface area contributed by atoms with Crippen LogP contribution in [0, 0.1) is 0 Å². The molecule has 1 N–H and O–H groups in total. The van der Waals surface area contributed by atoms with Gasteiger partial charge in [-0.2, -0.15) is 0 Å². The second kappa shape index (κ2) is 12.2. The lowest BCUT2D eigenvalue weighted by molar-refractivity contribution is -0.118. The summed E-state index contributed by atoms with van der Waals surface area (Å²) in [5, 5.41) is 12.0. The van der Waals surface area contributed by atoms with E-state index in [4.69, 9.17) is 4.74 Å². The standard InChI is InChI=1S/C30H27N5O5S/c1-19(36)31-16-8-15-27-32-33-30(35(27)24-13-5-6-14-26(24)40-2)41-18-25(37)20-9-7-10-21(17-20)34-28(38)22-11-3-4-12-23(22)29(34)39/h3-7,9-14,17H,8,15-16,18H2,1-2H3,(H,31,36). The van der Waals surface area contributed by atoms with E-state index in [1.165, 1.54) is 18.7 Å². The van der Waals surface area contributed by atoms with Gasteiger partial charge in [0, 0.05) is 25.5 Å². The number of carbonyl (C=O) groups excluding carboxylic acids is 4. The van der Waals surface area contributed by atoms with E-state index in [-0.39, 0.29) is 17.4 Å². The van der Waals surface area contributed by atoms with E-state index in [9.17, 15) is 19.2 Å². The summed E-state index contributed by atoms with van der Waals surface area (Å²) in [6, 6.07) is 20.6. The average Bonchev–Trinajstić information content (AvgIpc) is 3.51. The van der Waals surface area contributed by atoms with Gasteiger partial charge in [0.05, 0.1) is 35.4 Å². The van der Waals surface area contributed by atoms with Crippen LogP contribution in [0.5, 0.6) is 5.75 Å². The zero-order valence-corrected chi connectivity index (χ0v) is 23.3.